The summed E-state index contributed by atoms with van der Waals surface area (Å²) in [5.74, 6) is 0. The van der Waals surface area contributed by atoms with Crippen LogP contribution in [-0.2, 0) is 0 Å². The van der Waals surface area contributed by atoms with Gasteiger partial charge in [-0.25, -0.2) is 0 Å². The van der Waals surface area contributed by atoms with E-state index < -0.39 is 0 Å². The van der Waals surface area contributed by atoms with Crippen LogP contribution in [0.4, 0.5) is 0 Å². The second kappa shape index (κ2) is 12.9. The zero-order valence-corrected chi connectivity index (χ0v) is 8.77. The molecule has 0 aliphatic carbocycles. The fourth-order valence-electron chi connectivity index (χ4n) is 0.693. The Morgan fingerprint density at radius 2 is 1.67 bits per heavy atom. The van der Waals surface area contributed by atoms with Crippen molar-refractivity contribution in [3.05, 3.63) is 37.0 Å². The van der Waals surface area contributed by atoms with Crippen molar-refractivity contribution in [3.8, 4) is 0 Å². The lowest BCUT2D eigenvalue weighted by molar-refractivity contribution is 0.927. The van der Waals surface area contributed by atoms with Crippen molar-refractivity contribution in [3.63, 3.8) is 0 Å². The van der Waals surface area contributed by atoms with Crippen LogP contribution in [-0.4, -0.2) is 0 Å². The highest BCUT2D eigenvalue weighted by Crippen LogP contribution is 2.04. The van der Waals surface area contributed by atoms with Crippen molar-refractivity contribution < 1.29 is 0 Å². The van der Waals surface area contributed by atoms with Gasteiger partial charge < -0.3 is 0 Å². The Labute approximate surface area is 77.7 Å². The summed E-state index contributed by atoms with van der Waals surface area (Å²) < 4.78 is 0. The molecule has 0 aromatic heterocycles. The smallest absolute Gasteiger partial charge is 0.0282 e. The minimum atomic E-state index is 1.11. The first-order chi connectivity index (χ1) is 5.76. The van der Waals surface area contributed by atoms with Crippen molar-refractivity contribution in [1.82, 2.24) is 0 Å². The Morgan fingerprint density at radius 3 is 1.92 bits per heavy atom. The predicted molar refractivity (Wildman–Crippen MR) is 59.4 cm³/mol. The van der Waals surface area contributed by atoms with Gasteiger partial charge in [0.05, 0.1) is 0 Å². The van der Waals surface area contributed by atoms with E-state index in [1.54, 1.807) is 6.08 Å². The van der Waals surface area contributed by atoms with Gasteiger partial charge in [0.25, 0.3) is 0 Å². The van der Waals surface area contributed by atoms with Crippen molar-refractivity contribution in [1.29, 1.82) is 0 Å². The maximum Gasteiger partial charge on any atom is -0.0282 e. The third-order valence-electron chi connectivity index (χ3n) is 1.13. The summed E-state index contributed by atoms with van der Waals surface area (Å²) in [7, 11) is 0. The van der Waals surface area contributed by atoms with Gasteiger partial charge in [-0.05, 0) is 12.0 Å². The summed E-state index contributed by atoms with van der Waals surface area (Å²) >= 11 is 0. The molecule has 0 saturated carbocycles. The maximum atomic E-state index is 3.68. The molecule has 0 radical (unpaired) electrons. The van der Waals surface area contributed by atoms with Crippen molar-refractivity contribution in [2.24, 2.45) is 0 Å². The average Bonchev–Trinajstić information content (AvgIpc) is 2.05. The zero-order valence-electron chi connectivity index (χ0n) is 8.77. The number of rotatable bonds is 4. The van der Waals surface area contributed by atoms with E-state index >= 15 is 0 Å². The van der Waals surface area contributed by atoms with Gasteiger partial charge in [0, 0.05) is 0 Å². The minimum absolute atomic E-state index is 1.11. The van der Waals surface area contributed by atoms with Crippen LogP contribution in [0.3, 0.4) is 0 Å². The molecule has 0 heteroatoms. The SMILES string of the molecule is C=C/C=C(\C=C)CCC.CCC. The van der Waals surface area contributed by atoms with Gasteiger partial charge in [0.1, 0.15) is 0 Å². The van der Waals surface area contributed by atoms with Crippen LogP contribution in [0.5, 0.6) is 0 Å². The number of hydrogen-bond donors (Lipinski definition) is 0. The normalized spacial score (nSPS) is 9.75. The molecular formula is C12H22. The van der Waals surface area contributed by atoms with Crippen molar-refractivity contribution >= 4 is 0 Å². The molecule has 0 heterocycles. The third-order valence-corrected chi connectivity index (χ3v) is 1.13. The highest BCUT2D eigenvalue weighted by molar-refractivity contribution is 5.20. The summed E-state index contributed by atoms with van der Waals surface area (Å²) in [5.41, 5.74) is 1.27. The topological polar surface area (TPSA) is 0 Å². The van der Waals surface area contributed by atoms with E-state index in [1.807, 2.05) is 12.2 Å². The van der Waals surface area contributed by atoms with E-state index in [1.165, 1.54) is 18.4 Å². The molecular weight excluding hydrogens is 144 g/mol. The highest BCUT2D eigenvalue weighted by Gasteiger charge is 1.84. The first-order valence-corrected chi connectivity index (χ1v) is 4.70. The summed E-state index contributed by atoms with van der Waals surface area (Å²) in [6.45, 7) is 13.7. The van der Waals surface area contributed by atoms with Crippen LogP contribution >= 0.6 is 0 Å². The molecule has 0 aromatic rings. The first kappa shape index (κ1) is 13.8. The lowest BCUT2D eigenvalue weighted by Gasteiger charge is -1.93. The van der Waals surface area contributed by atoms with Gasteiger partial charge in [-0.3, -0.25) is 0 Å². The van der Waals surface area contributed by atoms with Gasteiger partial charge >= 0.3 is 0 Å². The Hall–Kier alpha value is -0.780. The molecule has 0 aromatic carbocycles. The van der Waals surface area contributed by atoms with Gasteiger partial charge in [-0.1, -0.05) is 65.0 Å². The fourth-order valence-corrected chi connectivity index (χ4v) is 0.693. The second-order valence-electron chi connectivity index (χ2n) is 2.64. The first-order valence-electron chi connectivity index (χ1n) is 4.70. The van der Waals surface area contributed by atoms with E-state index in [9.17, 15) is 0 Å². The Kier molecular flexibility index (Phi) is 14.8. The second-order valence-corrected chi connectivity index (χ2v) is 2.64. The Balaban J connectivity index is 0. The van der Waals surface area contributed by atoms with Crippen LogP contribution < -0.4 is 0 Å². The molecule has 0 spiro atoms. The van der Waals surface area contributed by atoms with E-state index in [2.05, 4.69) is 33.9 Å². The van der Waals surface area contributed by atoms with E-state index in [0.717, 1.165) is 6.42 Å². The van der Waals surface area contributed by atoms with Gasteiger partial charge in [-0.2, -0.15) is 0 Å². The Morgan fingerprint density at radius 1 is 1.17 bits per heavy atom. The molecule has 0 aliphatic heterocycles. The zero-order chi connectivity index (χ0) is 9.82. The molecule has 0 saturated heterocycles. The van der Waals surface area contributed by atoms with Crippen LogP contribution in [0.15, 0.2) is 37.0 Å². The van der Waals surface area contributed by atoms with Gasteiger partial charge in [-0.15, -0.1) is 0 Å². The summed E-state index contributed by atoms with van der Waals surface area (Å²) in [6.07, 6.45) is 9.20. The lowest BCUT2D eigenvalue weighted by Crippen LogP contribution is -1.73. The van der Waals surface area contributed by atoms with Gasteiger partial charge in [0.2, 0.25) is 0 Å². The maximum absolute atomic E-state index is 3.68. The lowest BCUT2D eigenvalue weighted by atomic mass is 10.1. The molecule has 0 N–H and O–H groups in total. The third kappa shape index (κ3) is 12.0. The molecule has 0 fully saturated rings. The molecule has 0 nitrogen and oxygen atoms in total. The standard InChI is InChI=1S/C9H14.C3H8/c1-4-7-9(6-3)8-5-2;1-3-2/h4,6-7H,1,3,5,8H2,2H3;3H2,1-2H3/b9-7+;. The van der Waals surface area contributed by atoms with Crippen molar-refractivity contribution in [2.75, 3.05) is 0 Å². The quantitative estimate of drug-likeness (QED) is 0.539. The van der Waals surface area contributed by atoms with Crippen LogP contribution in [0.25, 0.3) is 0 Å². The van der Waals surface area contributed by atoms with E-state index in [4.69, 9.17) is 0 Å². The van der Waals surface area contributed by atoms with Crippen LogP contribution in [0.2, 0.25) is 0 Å². The van der Waals surface area contributed by atoms with Crippen LogP contribution in [0.1, 0.15) is 40.0 Å². The monoisotopic (exact) mass is 166 g/mol. The molecule has 70 valence electrons. The molecule has 0 bridgehead atoms. The number of hydrogen-bond acceptors (Lipinski definition) is 0. The molecule has 12 heavy (non-hydrogen) atoms. The van der Waals surface area contributed by atoms with Crippen LogP contribution in [0, 0.1) is 0 Å². The summed E-state index contributed by atoms with van der Waals surface area (Å²) in [5, 5.41) is 0. The molecule has 0 rings (SSSR count). The minimum Gasteiger partial charge on any atom is -0.0991 e. The molecule has 0 atom stereocenters. The Bertz CT molecular complexity index is 129. The molecule has 0 aliphatic rings. The molecule has 0 amide bonds. The average molecular weight is 166 g/mol. The molecule has 0 unspecified atom stereocenters. The summed E-state index contributed by atoms with van der Waals surface area (Å²) in [6, 6.07) is 0. The van der Waals surface area contributed by atoms with E-state index in [-0.39, 0.29) is 0 Å². The highest BCUT2D eigenvalue weighted by atomic mass is 13.9. The van der Waals surface area contributed by atoms with Crippen molar-refractivity contribution in [2.45, 2.75) is 40.0 Å². The van der Waals surface area contributed by atoms with Gasteiger partial charge in [0.15, 0.2) is 0 Å². The van der Waals surface area contributed by atoms with E-state index in [0.29, 0.717) is 0 Å². The summed E-state index contributed by atoms with van der Waals surface area (Å²) in [4.78, 5) is 0. The fraction of sp³-hybridized carbons (Fsp3) is 0.500. The largest absolute Gasteiger partial charge is 0.0991 e. The number of allylic oxidation sites excluding steroid dienone is 4. The predicted octanol–water partition coefficient (Wildman–Crippen LogP) is 4.50.